The highest BCUT2D eigenvalue weighted by atomic mass is 32.1. The van der Waals surface area contributed by atoms with Crippen molar-refractivity contribution in [2.75, 3.05) is 26.7 Å². The Kier molecular flexibility index (Phi) is 5.19. The van der Waals surface area contributed by atoms with Gasteiger partial charge in [0, 0.05) is 30.9 Å². The molecule has 1 aliphatic rings. The van der Waals surface area contributed by atoms with Crippen LogP contribution in [0.15, 0.2) is 17.5 Å². The quantitative estimate of drug-likeness (QED) is 0.915. The van der Waals surface area contributed by atoms with Crippen molar-refractivity contribution in [3.8, 4) is 0 Å². The van der Waals surface area contributed by atoms with Gasteiger partial charge in [0.25, 0.3) is 0 Å². The summed E-state index contributed by atoms with van der Waals surface area (Å²) in [6.07, 6.45) is -0.129. The van der Waals surface area contributed by atoms with Gasteiger partial charge in [-0.25, -0.2) is 9.59 Å². The zero-order chi connectivity index (χ0) is 15.4. The van der Waals surface area contributed by atoms with Crippen LogP contribution in [0, 0.1) is 0 Å². The van der Waals surface area contributed by atoms with Gasteiger partial charge in [0.2, 0.25) is 0 Å². The van der Waals surface area contributed by atoms with Crippen LogP contribution in [0.1, 0.15) is 11.8 Å². The maximum atomic E-state index is 12.4. The lowest BCUT2D eigenvalue weighted by Crippen LogP contribution is -2.53. The van der Waals surface area contributed by atoms with E-state index < -0.39 is 12.1 Å². The SMILES string of the molecule is CC(Cc1cccs1)N(C)C(=O)N1CCOC(C(=O)O)C1. The Morgan fingerprint density at radius 2 is 2.38 bits per heavy atom. The number of hydrogen-bond acceptors (Lipinski definition) is 4. The van der Waals surface area contributed by atoms with Gasteiger partial charge in [0.15, 0.2) is 6.10 Å². The number of carboxylic acid groups (broad SMARTS) is 1. The van der Waals surface area contributed by atoms with Crippen LogP contribution in [0.25, 0.3) is 0 Å². The number of nitrogens with zero attached hydrogens (tertiary/aromatic N) is 2. The summed E-state index contributed by atoms with van der Waals surface area (Å²) in [6, 6.07) is 3.96. The van der Waals surface area contributed by atoms with E-state index in [1.54, 1.807) is 28.2 Å². The van der Waals surface area contributed by atoms with Crippen LogP contribution in [0.3, 0.4) is 0 Å². The molecule has 1 aliphatic heterocycles. The van der Waals surface area contributed by atoms with E-state index >= 15 is 0 Å². The van der Waals surface area contributed by atoms with E-state index in [2.05, 4.69) is 6.07 Å². The number of rotatable bonds is 4. The Labute approximate surface area is 127 Å². The van der Waals surface area contributed by atoms with Crippen molar-refractivity contribution in [3.63, 3.8) is 0 Å². The van der Waals surface area contributed by atoms with Crippen LogP contribution in [-0.4, -0.2) is 65.8 Å². The average Bonchev–Trinajstić information content (AvgIpc) is 2.98. The van der Waals surface area contributed by atoms with Crippen LogP contribution >= 0.6 is 11.3 Å². The van der Waals surface area contributed by atoms with E-state index in [1.807, 2.05) is 18.4 Å². The minimum absolute atomic E-state index is 0.0577. The van der Waals surface area contributed by atoms with Gasteiger partial charge in [-0.3, -0.25) is 0 Å². The third-order valence-corrected chi connectivity index (χ3v) is 4.55. The second-order valence-corrected chi connectivity index (χ2v) is 6.20. The Morgan fingerprint density at radius 3 is 3.00 bits per heavy atom. The fourth-order valence-electron chi connectivity index (χ4n) is 2.24. The summed E-state index contributed by atoms with van der Waals surface area (Å²) in [5, 5.41) is 11.0. The molecule has 2 unspecified atom stereocenters. The number of carbonyl (C=O) groups excluding carboxylic acids is 1. The second-order valence-electron chi connectivity index (χ2n) is 5.17. The summed E-state index contributed by atoms with van der Waals surface area (Å²) in [5.41, 5.74) is 0. The van der Waals surface area contributed by atoms with Gasteiger partial charge in [-0.1, -0.05) is 6.07 Å². The summed E-state index contributed by atoms with van der Waals surface area (Å²) in [7, 11) is 1.76. The fourth-order valence-corrected chi connectivity index (χ4v) is 3.07. The van der Waals surface area contributed by atoms with E-state index in [1.165, 1.54) is 4.88 Å². The first-order chi connectivity index (χ1) is 9.99. The largest absolute Gasteiger partial charge is 0.479 e. The van der Waals surface area contributed by atoms with Crippen molar-refractivity contribution >= 4 is 23.3 Å². The topological polar surface area (TPSA) is 70.1 Å². The van der Waals surface area contributed by atoms with Gasteiger partial charge in [-0.2, -0.15) is 0 Å². The first-order valence-corrected chi connectivity index (χ1v) is 7.75. The second kappa shape index (κ2) is 6.91. The highest BCUT2D eigenvalue weighted by Gasteiger charge is 2.31. The number of carboxylic acids is 1. The lowest BCUT2D eigenvalue weighted by molar-refractivity contribution is -0.154. The molecule has 1 fully saturated rings. The number of carbonyl (C=O) groups is 2. The summed E-state index contributed by atoms with van der Waals surface area (Å²) < 4.78 is 5.13. The number of aliphatic carboxylic acids is 1. The lowest BCUT2D eigenvalue weighted by Gasteiger charge is -2.35. The van der Waals surface area contributed by atoms with Crippen molar-refractivity contribution in [2.45, 2.75) is 25.5 Å². The minimum atomic E-state index is -1.03. The van der Waals surface area contributed by atoms with Crippen LogP contribution < -0.4 is 0 Å². The maximum Gasteiger partial charge on any atom is 0.334 e. The first kappa shape index (κ1) is 15.8. The van der Waals surface area contributed by atoms with E-state index in [-0.39, 0.29) is 25.2 Å². The molecule has 0 aromatic carbocycles. The molecule has 0 saturated carbocycles. The van der Waals surface area contributed by atoms with E-state index in [4.69, 9.17) is 9.84 Å². The fraction of sp³-hybridized carbons (Fsp3) is 0.571. The Morgan fingerprint density at radius 1 is 1.62 bits per heavy atom. The molecule has 7 heteroatoms. The molecule has 0 radical (unpaired) electrons. The van der Waals surface area contributed by atoms with E-state index in [0.717, 1.165) is 6.42 Å². The Bertz CT molecular complexity index is 491. The molecule has 0 spiro atoms. The van der Waals surface area contributed by atoms with Gasteiger partial charge < -0.3 is 19.6 Å². The number of ether oxygens (including phenoxy) is 1. The lowest BCUT2D eigenvalue weighted by atomic mass is 10.2. The highest BCUT2D eigenvalue weighted by Crippen LogP contribution is 2.15. The monoisotopic (exact) mass is 312 g/mol. The zero-order valence-electron chi connectivity index (χ0n) is 12.2. The number of hydrogen-bond donors (Lipinski definition) is 1. The number of amides is 2. The average molecular weight is 312 g/mol. The molecule has 6 nitrogen and oxygen atoms in total. The third kappa shape index (κ3) is 3.95. The summed E-state index contributed by atoms with van der Waals surface area (Å²) in [6.45, 7) is 2.78. The van der Waals surface area contributed by atoms with Crippen molar-refractivity contribution in [1.29, 1.82) is 0 Å². The molecule has 1 aromatic rings. The summed E-state index contributed by atoms with van der Waals surface area (Å²) in [4.78, 5) is 27.9. The third-order valence-electron chi connectivity index (χ3n) is 3.65. The van der Waals surface area contributed by atoms with Crippen molar-refractivity contribution in [2.24, 2.45) is 0 Å². The van der Waals surface area contributed by atoms with Crippen molar-refractivity contribution < 1.29 is 19.4 Å². The van der Waals surface area contributed by atoms with Gasteiger partial charge in [0.1, 0.15) is 0 Å². The smallest absolute Gasteiger partial charge is 0.334 e. The van der Waals surface area contributed by atoms with Crippen molar-refractivity contribution in [3.05, 3.63) is 22.4 Å². The van der Waals surface area contributed by atoms with E-state index in [9.17, 15) is 9.59 Å². The molecule has 116 valence electrons. The normalized spacial score (nSPS) is 20.1. The molecule has 21 heavy (non-hydrogen) atoms. The van der Waals surface area contributed by atoms with Crippen LogP contribution in [0.4, 0.5) is 4.79 Å². The molecule has 1 saturated heterocycles. The van der Waals surface area contributed by atoms with Gasteiger partial charge in [-0.05, 0) is 18.4 Å². The van der Waals surface area contributed by atoms with Crippen molar-refractivity contribution in [1.82, 2.24) is 9.80 Å². The van der Waals surface area contributed by atoms with Gasteiger partial charge >= 0.3 is 12.0 Å². The first-order valence-electron chi connectivity index (χ1n) is 6.87. The molecule has 2 rings (SSSR count). The summed E-state index contributed by atoms with van der Waals surface area (Å²) >= 11 is 1.67. The number of likely N-dealkylation sites (N-methyl/N-ethyl adjacent to an activating group) is 1. The molecular weight excluding hydrogens is 292 g/mol. The molecule has 1 aromatic heterocycles. The highest BCUT2D eigenvalue weighted by molar-refractivity contribution is 7.09. The van der Waals surface area contributed by atoms with Gasteiger partial charge in [0.05, 0.1) is 13.2 Å². The zero-order valence-corrected chi connectivity index (χ0v) is 13.0. The Balaban J connectivity index is 1.93. The molecule has 2 amide bonds. The number of urea groups is 1. The van der Waals surface area contributed by atoms with Crippen LogP contribution in [0.2, 0.25) is 0 Å². The predicted octanol–water partition coefficient (Wildman–Crippen LogP) is 1.52. The molecule has 2 atom stereocenters. The van der Waals surface area contributed by atoms with Crippen LogP contribution in [-0.2, 0) is 16.0 Å². The number of thiophene rings is 1. The summed E-state index contributed by atoms with van der Waals surface area (Å²) in [5.74, 6) is -1.03. The molecule has 2 heterocycles. The minimum Gasteiger partial charge on any atom is -0.479 e. The van der Waals surface area contributed by atoms with Crippen LogP contribution in [0.5, 0.6) is 0 Å². The molecule has 0 aliphatic carbocycles. The van der Waals surface area contributed by atoms with E-state index in [0.29, 0.717) is 6.54 Å². The Hall–Kier alpha value is -1.60. The predicted molar refractivity (Wildman–Crippen MR) is 79.6 cm³/mol. The number of morpholine rings is 1. The van der Waals surface area contributed by atoms with Gasteiger partial charge in [-0.15, -0.1) is 11.3 Å². The molecular formula is C14H20N2O4S. The maximum absolute atomic E-state index is 12.4. The molecule has 0 bridgehead atoms. The molecule has 1 N–H and O–H groups in total. The standard InChI is InChI=1S/C14H20N2O4S/c1-10(8-11-4-3-7-21-11)15(2)14(19)16-5-6-20-12(9-16)13(17)18/h3-4,7,10,12H,5-6,8-9H2,1-2H3,(H,17,18).